The molecular formula is C28H40N4O5. The molecule has 0 bridgehead atoms. The van der Waals surface area contributed by atoms with Crippen LogP contribution in [0.5, 0.6) is 5.75 Å². The average molecular weight is 513 g/mol. The predicted molar refractivity (Wildman–Crippen MR) is 141 cm³/mol. The highest BCUT2D eigenvalue weighted by Gasteiger charge is 2.49. The number of carbonyl (C=O) groups excluding carboxylic acids is 2. The monoisotopic (exact) mass is 512 g/mol. The van der Waals surface area contributed by atoms with Gasteiger partial charge in [0.1, 0.15) is 5.75 Å². The number of carbonyl (C=O) groups is 2. The van der Waals surface area contributed by atoms with Gasteiger partial charge in [-0.1, -0.05) is 6.92 Å². The molecule has 0 radical (unpaired) electrons. The second kappa shape index (κ2) is 10.6. The Labute approximate surface area is 218 Å². The van der Waals surface area contributed by atoms with Crippen LogP contribution in [0.4, 0.5) is 0 Å². The molecular weight excluding hydrogens is 472 g/mol. The second-order valence-corrected chi connectivity index (χ2v) is 10.7. The number of likely N-dealkylation sites (tertiary alicyclic amines) is 1. The van der Waals surface area contributed by atoms with Crippen molar-refractivity contribution in [2.75, 3.05) is 66.2 Å². The fourth-order valence-corrected chi connectivity index (χ4v) is 6.63. The van der Waals surface area contributed by atoms with E-state index in [0.717, 1.165) is 54.7 Å². The first kappa shape index (κ1) is 26.0. The van der Waals surface area contributed by atoms with Gasteiger partial charge in [0.05, 0.1) is 45.0 Å². The van der Waals surface area contributed by atoms with E-state index in [0.29, 0.717) is 45.8 Å². The van der Waals surface area contributed by atoms with Crippen molar-refractivity contribution in [1.29, 1.82) is 0 Å². The summed E-state index contributed by atoms with van der Waals surface area (Å²) in [5.74, 6) is 1.03. The van der Waals surface area contributed by atoms with Gasteiger partial charge >= 0.3 is 0 Å². The molecule has 202 valence electrons. The van der Waals surface area contributed by atoms with Crippen molar-refractivity contribution in [1.82, 2.24) is 19.3 Å². The van der Waals surface area contributed by atoms with Gasteiger partial charge in [-0.05, 0) is 37.0 Å². The van der Waals surface area contributed by atoms with E-state index in [-0.39, 0.29) is 23.8 Å². The molecule has 4 heterocycles. The van der Waals surface area contributed by atoms with E-state index in [9.17, 15) is 14.7 Å². The quantitative estimate of drug-likeness (QED) is 0.638. The molecule has 3 aliphatic rings. The number of rotatable bonds is 6. The molecule has 2 amide bonds. The molecule has 2 saturated heterocycles. The fraction of sp³-hybridized carbons (Fsp3) is 0.643. The Hall–Kier alpha value is -2.62. The zero-order valence-corrected chi connectivity index (χ0v) is 22.4. The number of hydrogen-bond donors (Lipinski definition) is 1. The Morgan fingerprint density at radius 2 is 1.86 bits per heavy atom. The minimum absolute atomic E-state index is 0.0401. The number of aromatic nitrogens is 1. The summed E-state index contributed by atoms with van der Waals surface area (Å²) >= 11 is 0. The highest BCUT2D eigenvalue weighted by molar-refractivity contribution is 5.90. The summed E-state index contributed by atoms with van der Waals surface area (Å²) in [4.78, 5) is 32.5. The molecule has 3 aliphatic heterocycles. The van der Waals surface area contributed by atoms with Crippen LogP contribution in [0.2, 0.25) is 0 Å². The highest BCUT2D eigenvalue weighted by atomic mass is 16.5. The smallest absolute Gasteiger partial charge is 0.237 e. The number of morpholine rings is 1. The number of hydrogen-bond acceptors (Lipinski definition) is 6. The maximum Gasteiger partial charge on any atom is 0.237 e. The summed E-state index contributed by atoms with van der Waals surface area (Å²) in [6, 6.07) is 5.72. The largest absolute Gasteiger partial charge is 0.497 e. The molecule has 0 saturated carbocycles. The molecule has 5 rings (SSSR count). The Morgan fingerprint density at radius 1 is 1.14 bits per heavy atom. The molecule has 1 aromatic heterocycles. The number of benzene rings is 1. The predicted octanol–water partition coefficient (Wildman–Crippen LogP) is 2.06. The van der Waals surface area contributed by atoms with E-state index < -0.39 is 6.04 Å². The van der Waals surface area contributed by atoms with Crippen LogP contribution in [0.3, 0.4) is 0 Å². The number of ether oxygens (including phenoxy) is 2. The van der Waals surface area contributed by atoms with Crippen molar-refractivity contribution >= 4 is 22.7 Å². The lowest BCUT2D eigenvalue weighted by atomic mass is 9.68. The third-order valence-corrected chi connectivity index (χ3v) is 8.64. The number of aliphatic hydroxyl groups excluding tert-OH is 1. The summed E-state index contributed by atoms with van der Waals surface area (Å²) in [5.41, 5.74) is 2.98. The summed E-state index contributed by atoms with van der Waals surface area (Å²) in [6.45, 7) is 6.88. The summed E-state index contributed by atoms with van der Waals surface area (Å²) in [5, 5.41) is 11.8. The van der Waals surface area contributed by atoms with E-state index in [2.05, 4.69) is 15.5 Å². The maximum absolute atomic E-state index is 13.8. The molecule has 2 fully saturated rings. The first-order chi connectivity index (χ1) is 17.9. The van der Waals surface area contributed by atoms with Crippen molar-refractivity contribution in [3.63, 3.8) is 0 Å². The first-order valence-corrected chi connectivity index (χ1v) is 13.6. The van der Waals surface area contributed by atoms with Crippen molar-refractivity contribution in [3.05, 3.63) is 29.5 Å². The lowest BCUT2D eigenvalue weighted by Crippen LogP contribution is -2.57. The van der Waals surface area contributed by atoms with Gasteiger partial charge in [-0.25, -0.2) is 0 Å². The van der Waals surface area contributed by atoms with E-state index in [4.69, 9.17) is 9.47 Å². The molecule has 0 aliphatic carbocycles. The Bertz CT molecular complexity index is 1150. The van der Waals surface area contributed by atoms with Gasteiger partial charge in [0.2, 0.25) is 11.8 Å². The molecule has 9 heteroatoms. The third kappa shape index (κ3) is 4.62. The maximum atomic E-state index is 13.8. The van der Waals surface area contributed by atoms with E-state index >= 15 is 0 Å². The Kier molecular flexibility index (Phi) is 7.47. The van der Waals surface area contributed by atoms with Gasteiger partial charge in [-0.15, -0.1) is 0 Å². The summed E-state index contributed by atoms with van der Waals surface area (Å²) < 4.78 is 13.1. The number of piperidine rings is 1. The topological polar surface area (TPSA) is 87.5 Å². The molecule has 1 spiro atoms. The Morgan fingerprint density at radius 3 is 2.51 bits per heavy atom. The van der Waals surface area contributed by atoms with Crippen molar-refractivity contribution < 1.29 is 24.2 Å². The normalized spacial score (nSPS) is 21.9. The van der Waals surface area contributed by atoms with Crippen LogP contribution in [-0.4, -0.2) is 102 Å². The molecule has 37 heavy (non-hydrogen) atoms. The van der Waals surface area contributed by atoms with Crippen LogP contribution in [-0.2, 0) is 26.8 Å². The number of aliphatic hydroxyl groups is 1. The van der Waals surface area contributed by atoms with Gasteiger partial charge in [0, 0.05) is 68.8 Å². The lowest BCUT2D eigenvalue weighted by molar-refractivity contribution is -0.141. The number of fused-ring (bicyclic) bond motifs is 4. The minimum atomic E-state index is -0.419. The number of aryl methyl sites for hydroxylation is 1. The van der Waals surface area contributed by atoms with Crippen LogP contribution in [0, 0.1) is 0 Å². The Balaban J connectivity index is 1.56. The zero-order valence-electron chi connectivity index (χ0n) is 22.4. The van der Waals surface area contributed by atoms with Crippen LogP contribution in [0.15, 0.2) is 18.2 Å². The molecule has 1 N–H and O–H groups in total. The SMILES string of the molecule is CCCC(=O)N1CCC2(CC1)CN(C(=O)CN1CCOCC1)[C@H](CO)c1c2c2ccc(OC)cc2n1C. The average Bonchev–Trinajstić information content (AvgIpc) is 3.22. The van der Waals surface area contributed by atoms with Crippen LogP contribution < -0.4 is 4.74 Å². The van der Waals surface area contributed by atoms with Gasteiger partial charge in [0.15, 0.2) is 0 Å². The fourth-order valence-electron chi connectivity index (χ4n) is 6.63. The molecule has 2 aromatic rings. The van der Waals surface area contributed by atoms with Gasteiger partial charge in [-0.2, -0.15) is 0 Å². The van der Waals surface area contributed by atoms with Crippen molar-refractivity contribution in [3.8, 4) is 5.75 Å². The first-order valence-electron chi connectivity index (χ1n) is 13.6. The van der Waals surface area contributed by atoms with E-state index in [1.54, 1.807) is 7.11 Å². The van der Waals surface area contributed by atoms with Gasteiger partial charge in [-0.3, -0.25) is 14.5 Å². The number of methoxy groups -OCH3 is 1. The molecule has 0 unspecified atom stereocenters. The third-order valence-electron chi connectivity index (χ3n) is 8.64. The number of amides is 2. The van der Waals surface area contributed by atoms with Crippen molar-refractivity contribution in [2.45, 2.75) is 44.1 Å². The van der Waals surface area contributed by atoms with Gasteiger partial charge < -0.3 is 28.9 Å². The van der Waals surface area contributed by atoms with Crippen molar-refractivity contribution in [2.24, 2.45) is 7.05 Å². The second-order valence-electron chi connectivity index (χ2n) is 10.7. The van der Waals surface area contributed by atoms with E-state index in [1.165, 1.54) is 5.56 Å². The zero-order chi connectivity index (χ0) is 26.2. The van der Waals surface area contributed by atoms with Crippen LogP contribution in [0.25, 0.3) is 10.9 Å². The standard InChI is InChI=1S/C28H40N4O5/c1-4-5-24(34)31-10-8-28(9-11-31)19-32(25(35)17-30-12-14-37-15-13-30)23(18-33)27-26(28)21-7-6-20(36-3)16-22(21)29(27)2/h6-7,16,23,33H,4-5,8-15,17-19H2,1-3H3/t23-/m1/s1. The molecule has 9 nitrogen and oxygen atoms in total. The molecule has 1 aromatic carbocycles. The summed E-state index contributed by atoms with van der Waals surface area (Å²) in [6.07, 6.45) is 3.00. The van der Waals surface area contributed by atoms with E-state index in [1.807, 2.05) is 35.9 Å². The minimum Gasteiger partial charge on any atom is -0.497 e. The lowest BCUT2D eigenvalue weighted by Gasteiger charge is -2.50. The molecule has 1 atom stereocenters. The highest BCUT2D eigenvalue weighted by Crippen LogP contribution is 2.50. The van der Waals surface area contributed by atoms with Gasteiger partial charge in [0.25, 0.3) is 0 Å². The number of nitrogens with zero attached hydrogens (tertiary/aromatic N) is 4. The van der Waals surface area contributed by atoms with Crippen LogP contribution >= 0.6 is 0 Å². The van der Waals surface area contributed by atoms with Crippen LogP contribution in [0.1, 0.15) is 49.9 Å². The summed E-state index contributed by atoms with van der Waals surface area (Å²) in [7, 11) is 3.68.